The second-order valence-electron chi connectivity index (χ2n) is 4.15. The quantitative estimate of drug-likeness (QED) is 0.844. The smallest absolute Gasteiger partial charge is 0.129 e. The Morgan fingerprint density at radius 1 is 1.35 bits per heavy atom. The number of hydrogen-bond acceptors (Lipinski definition) is 4. The maximum atomic E-state index is 8.91. The lowest BCUT2D eigenvalue weighted by atomic mass is 10.4. The van der Waals surface area contributed by atoms with Crippen molar-refractivity contribution in [2.45, 2.75) is 19.7 Å². The van der Waals surface area contributed by atoms with Gasteiger partial charge >= 0.3 is 0 Å². The van der Waals surface area contributed by atoms with Crippen molar-refractivity contribution >= 4 is 0 Å². The lowest BCUT2D eigenvalue weighted by Crippen LogP contribution is -2.19. The van der Waals surface area contributed by atoms with Crippen molar-refractivity contribution in [2.24, 2.45) is 7.05 Å². The van der Waals surface area contributed by atoms with Gasteiger partial charge in [-0.15, -0.1) is 0 Å². The first-order valence-electron chi connectivity index (χ1n) is 5.52. The van der Waals surface area contributed by atoms with Crippen LogP contribution in [0.5, 0.6) is 0 Å². The third-order valence-corrected chi connectivity index (χ3v) is 2.63. The van der Waals surface area contributed by atoms with Gasteiger partial charge in [0.1, 0.15) is 24.0 Å². The average molecular weight is 235 g/mol. The molecule has 0 saturated carbocycles. The summed E-state index contributed by atoms with van der Waals surface area (Å²) in [6, 6.07) is 3.68. The number of hydrogen-bond donors (Lipinski definition) is 1. The minimum atomic E-state index is -0.0525. The van der Waals surface area contributed by atoms with E-state index in [0.29, 0.717) is 12.3 Å². The first-order chi connectivity index (χ1) is 8.19. The standard InChI is InChI=1S/C12H17N3O2/c1-14(8-12-13-5-6-15(12)2)7-10-3-4-11(9-16)17-10/h3-6,16H,7-9H2,1-2H3. The number of nitrogens with zero attached hydrogens (tertiary/aromatic N) is 3. The zero-order valence-electron chi connectivity index (χ0n) is 10.1. The van der Waals surface area contributed by atoms with Gasteiger partial charge in [0.25, 0.3) is 0 Å². The predicted octanol–water partition coefficient (Wildman–Crippen LogP) is 1.14. The van der Waals surface area contributed by atoms with Gasteiger partial charge in [-0.05, 0) is 19.2 Å². The molecule has 0 atom stereocenters. The molecule has 0 amide bonds. The molecule has 0 aliphatic heterocycles. The third-order valence-electron chi connectivity index (χ3n) is 2.63. The summed E-state index contributed by atoms with van der Waals surface area (Å²) in [5.74, 6) is 2.47. The number of imidazole rings is 1. The fourth-order valence-electron chi connectivity index (χ4n) is 1.70. The zero-order chi connectivity index (χ0) is 12.3. The molecule has 0 radical (unpaired) electrons. The van der Waals surface area contributed by atoms with Gasteiger partial charge in [-0.25, -0.2) is 4.98 Å². The number of aliphatic hydroxyl groups excluding tert-OH is 1. The summed E-state index contributed by atoms with van der Waals surface area (Å²) in [4.78, 5) is 6.38. The number of rotatable bonds is 5. The Morgan fingerprint density at radius 3 is 2.71 bits per heavy atom. The molecule has 0 aromatic carbocycles. The number of aryl methyl sites for hydroxylation is 1. The van der Waals surface area contributed by atoms with Gasteiger partial charge in [0, 0.05) is 19.4 Å². The van der Waals surface area contributed by atoms with Crippen LogP contribution in [0.1, 0.15) is 17.3 Å². The fraction of sp³-hybridized carbons (Fsp3) is 0.417. The second kappa shape index (κ2) is 5.16. The van der Waals surface area contributed by atoms with Gasteiger partial charge in [0.15, 0.2) is 0 Å². The zero-order valence-corrected chi connectivity index (χ0v) is 10.1. The van der Waals surface area contributed by atoms with Crippen molar-refractivity contribution < 1.29 is 9.52 Å². The van der Waals surface area contributed by atoms with E-state index >= 15 is 0 Å². The van der Waals surface area contributed by atoms with Crippen LogP contribution in [0.3, 0.4) is 0 Å². The van der Waals surface area contributed by atoms with E-state index in [1.165, 1.54) is 0 Å². The molecule has 1 N–H and O–H groups in total. The Hall–Kier alpha value is -1.59. The highest BCUT2D eigenvalue weighted by Crippen LogP contribution is 2.11. The maximum absolute atomic E-state index is 8.91. The number of aromatic nitrogens is 2. The minimum Gasteiger partial charge on any atom is -0.462 e. The molecule has 5 heteroatoms. The van der Waals surface area contributed by atoms with E-state index in [4.69, 9.17) is 9.52 Å². The van der Waals surface area contributed by atoms with Gasteiger partial charge in [0.05, 0.1) is 13.1 Å². The summed E-state index contributed by atoms with van der Waals surface area (Å²) in [6.07, 6.45) is 3.72. The Kier molecular flexibility index (Phi) is 3.61. The van der Waals surface area contributed by atoms with Gasteiger partial charge in [-0.3, -0.25) is 4.90 Å². The van der Waals surface area contributed by atoms with Crippen LogP contribution in [0.4, 0.5) is 0 Å². The van der Waals surface area contributed by atoms with Gasteiger partial charge < -0.3 is 14.1 Å². The highest BCUT2D eigenvalue weighted by atomic mass is 16.4. The second-order valence-corrected chi connectivity index (χ2v) is 4.15. The number of furan rings is 1. The fourth-order valence-corrected chi connectivity index (χ4v) is 1.70. The molecule has 0 unspecified atom stereocenters. The van der Waals surface area contributed by atoms with Crippen molar-refractivity contribution in [3.05, 3.63) is 41.9 Å². The molecule has 92 valence electrons. The Labute approximate surface area is 100 Å². The first-order valence-corrected chi connectivity index (χ1v) is 5.52. The van der Waals surface area contributed by atoms with E-state index < -0.39 is 0 Å². The Bertz CT molecular complexity index is 476. The summed E-state index contributed by atoms with van der Waals surface area (Å²) in [5.41, 5.74) is 0. The summed E-state index contributed by atoms with van der Waals surface area (Å²) in [6.45, 7) is 1.41. The summed E-state index contributed by atoms with van der Waals surface area (Å²) < 4.78 is 7.43. The molecule has 2 aromatic heterocycles. The maximum Gasteiger partial charge on any atom is 0.129 e. The van der Waals surface area contributed by atoms with E-state index in [9.17, 15) is 0 Å². The molecule has 0 bridgehead atoms. The molecule has 2 rings (SSSR count). The third kappa shape index (κ3) is 2.95. The van der Waals surface area contributed by atoms with Crippen molar-refractivity contribution in [2.75, 3.05) is 7.05 Å². The molecule has 2 heterocycles. The molecular weight excluding hydrogens is 218 g/mol. The summed E-state index contributed by atoms with van der Waals surface area (Å²) >= 11 is 0. The molecule has 0 fully saturated rings. The lowest BCUT2D eigenvalue weighted by molar-refractivity contribution is 0.229. The van der Waals surface area contributed by atoms with Crippen molar-refractivity contribution in [1.82, 2.24) is 14.5 Å². The molecule has 2 aromatic rings. The summed E-state index contributed by atoms with van der Waals surface area (Å²) in [5, 5.41) is 8.91. The van der Waals surface area contributed by atoms with E-state index in [-0.39, 0.29) is 6.61 Å². The van der Waals surface area contributed by atoms with Crippen molar-refractivity contribution in [1.29, 1.82) is 0 Å². The van der Waals surface area contributed by atoms with E-state index in [0.717, 1.165) is 18.1 Å². The monoisotopic (exact) mass is 235 g/mol. The first kappa shape index (κ1) is 11.9. The minimum absolute atomic E-state index is 0.0525. The van der Waals surface area contributed by atoms with E-state index in [2.05, 4.69) is 9.88 Å². The van der Waals surface area contributed by atoms with Gasteiger partial charge in [-0.1, -0.05) is 0 Å². The van der Waals surface area contributed by atoms with Crippen LogP contribution in [0.15, 0.2) is 28.9 Å². The molecule has 0 aliphatic rings. The normalized spacial score (nSPS) is 11.3. The molecule has 0 spiro atoms. The average Bonchev–Trinajstić information content (AvgIpc) is 2.89. The van der Waals surface area contributed by atoms with Crippen LogP contribution in [0.2, 0.25) is 0 Å². The van der Waals surface area contributed by atoms with Gasteiger partial charge in [0.2, 0.25) is 0 Å². The highest BCUT2D eigenvalue weighted by molar-refractivity contribution is 5.06. The SMILES string of the molecule is CN(Cc1ccc(CO)o1)Cc1nccn1C. The van der Waals surface area contributed by atoms with Gasteiger partial charge in [-0.2, -0.15) is 0 Å². The molecular formula is C12H17N3O2. The summed E-state index contributed by atoms with van der Waals surface area (Å²) in [7, 11) is 3.99. The van der Waals surface area contributed by atoms with Crippen LogP contribution in [-0.4, -0.2) is 26.6 Å². The number of aliphatic hydroxyl groups is 1. The van der Waals surface area contributed by atoms with Crippen LogP contribution in [0.25, 0.3) is 0 Å². The highest BCUT2D eigenvalue weighted by Gasteiger charge is 2.08. The molecule has 17 heavy (non-hydrogen) atoms. The van der Waals surface area contributed by atoms with Crippen LogP contribution in [0, 0.1) is 0 Å². The molecule has 5 nitrogen and oxygen atoms in total. The largest absolute Gasteiger partial charge is 0.462 e. The lowest BCUT2D eigenvalue weighted by Gasteiger charge is -2.14. The van der Waals surface area contributed by atoms with Crippen molar-refractivity contribution in [3.63, 3.8) is 0 Å². The van der Waals surface area contributed by atoms with Crippen molar-refractivity contribution in [3.8, 4) is 0 Å². The molecule has 0 aliphatic carbocycles. The van der Waals surface area contributed by atoms with E-state index in [1.807, 2.05) is 30.9 Å². The van der Waals surface area contributed by atoms with Crippen LogP contribution in [-0.2, 0) is 26.7 Å². The predicted molar refractivity (Wildman–Crippen MR) is 63.0 cm³/mol. The Balaban J connectivity index is 1.93. The van der Waals surface area contributed by atoms with Crippen LogP contribution >= 0.6 is 0 Å². The molecule has 0 saturated heterocycles. The van der Waals surface area contributed by atoms with E-state index in [1.54, 1.807) is 12.3 Å². The Morgan fingerprint density at radius 2 is 2.12 bits per heavy atom. The van der Waals surface area contributed by atoms with Crippen LogP contribution < -0.4 is 0 Å². The topological polar surface area (TPSA) is 54.4 Å².